The largest absolute Gasteiger partial charge is 0.297 e. The van der Waals surface area contributed by atoms with E-state index >= 15 is 0 Å². The lowest BCUT2D eigenvalue weighted by Gasteiger charge is -2.55. The molecule has 2 aromatic rings. The quantitative estimate of drug-likeness (QED) is 0.919. The number of hydrogen-bond acceptors (Lipinski definition) is 3. The Morgan fingerprint density at radius 2 is 1.96 bits per heavy atom. The van der Waals surface area contributed by atoms with Crippen molar-refractivity contribution in [3.8, 4) is 0 Å². The van der Waals surface area contributed by atoms with E-state index in [1.807, 2.05) is 6.20 Å². The summed E-state index contributed by atoms with van der Waals surface area (Å²) in [4.78, 5) is 5.59. The number of fused-ring (bicyclic) bond motifs is 4. The molecule has 0 saturated carbocycles. The van der Waals surface area contributed by atoms with Gasteiger partial charge in [-0.3, -0.25) is 14.9 Å². The maximum atomic E-state index is 4.12. The van der Waals surface area contributed by atoms with Crippen molar-refractivity contribution in [3.05, 3.63) is 53.9 Å². The zero-order valence-electron chi connectivity index (χ0n) is 15.6. The summed E-state index contributed by atoms with van der Waals surface area (Å²) in [6.07, 6.45) is 8.73. The highest BCUT2D eigenvalue weighted by molar-refractivity contribution is 5.16. The van der Waals surface area contributed by atoms with Crippen LogP contribution in [0.1, 0.15) is 36.9 Å². The number of benzene rings is 1. The summed E-state index contributed by atoms with van der Waals surface area (Å²) in [5.41, 5.74) is 2.77. The smallest absolute Gasteiger partial charge is 0.0492 e. The van der Waals surface area contributed by atoms with Gasteiger partial charge in [0.05, 0.1) is 0 Å². The third kappa shape index (κ3) is 3.33. The van der Waals surface area contributed by atoms with Gasteiger partial charge in [-0.15, -0.1) is 0 Å². The lowest BCUT2D eigenvalue weighted by molar-refractivity contribution is -0.0580. The van der Waals surface area contributed by atoms with Crippen molar-refractivity contribution in [2.45, 2.75) is 50.7 Å². The van der Waals surface area contributed by atoms with Crippen molar-refractivity contribution in [1.82, 2.24) is 20.0 Å². The maximum absolute atomic E-state index is 4.12. The summed E-state index contributed by atoms with van der Waals surface area (Å²) >= 11 is 0. The predicted octanol–water partition coefficient (Wildman–Crippen LogP) is 3.33. The summed E-state index contributed by atoms with van der Waals surface area (Å²) in [7, 11) is 0. The minimum atomic E-state index is 0.751. The number of H-pyrrole nitrogens is 1. The van der Waals surface area contributed by atoms with E-state index in [-0.39, 0.29) is 0 Å². The molecule has 4 nitrogen and oxygen atoms in total. The highest BCUT2D eigenvalue weighted by atomic mass is 15.3. The number of aromatic amines is 1. The SMILES string of the molecule is c1ccc(C[C@H]2CCC[C@H]3[C@@H]4C[C@@H](CN(Cc5ccn[nH]5)C4)CN23)cc1. The topological polar surface area (TPSA) is 35.2 Å². The summed E-state index contributed by atoms with van der Waals surface area (Å²) in [5.74, 6) is 1.69. The molecule has 4 heterocycles. The minimum absolute atomic E-state index is 0.751. The van der Waals surface area contributed by atoms with Crippen LogP contribution in [-0.4, -0.2) is 51.7 Å². The summed E-state index contributed by atoms with van der Waals surface area (Å²) in [6.45, 7) is 4.84. The van der Waals surface area contributed by atoms with Crippen LogP contribution in [0.2, 0.25) is 0 Å². The second-order valence-electron chi connectivity index (χ2n) is 8.68. The van der Waals surface area contributed by atoms with Crippen LogP contribution in [-0.2, 0) is 13.0 Å². The van der Waals surface area contributed by atoms with Crippen molar-refractivity contribution < 1.29 is 0 Å². The molecule has 4 heteroatoms. The highest BCUT2D eigenvalue weighted by Crippen LogP contribution is 2.40. The average molecular weight is 351 g/mol. The summed E-state index contributed by atoms with van der Waals surface area (Å²) < 4.78 is 0. The van der Waals surface area contributed by atoms with Crippen LogP contribution < -0.4 is 0 Å². The first-order valence-electron chi connectivity index (χ1n) is 10.4. The third-order valence-electron chi connectivity index (χ3n) is 6.86. The molecule has 0 amide bonds. The Bertz CT molecular complexity index is 698. The first-order valence-corrected chi connectivity index (χ1v) is 10.4. The molecule has 0 aliphatic carbocycles. The molecule has 3 fully saturated rings. The minimum Gasteiger partial charge on any atom is -0.297 e. The Morgan fingerprint density at radius 3 is 2.81 bits per heavy atom. The fourth-order valence-electron chi connectivity index (χ4n) is 5.86. The molecule has 138 valence electrons. The second-order valence-corrected chi connectivity index (χ2v) is 8.68. The summed E-state index contributed by atoms with van der Waals surface area (Å²) in [5, 5.41) is 7.25. The number of rotatable bonds is 4. The fourth-order valence-corrected chi connectivity index (χ4v) is 5.86. The number of aromatic nitrogens is 2. The standard InChI is InChI=1S/C22H30N4/c1-2-5-17(6-3-1)12-21-7-4-8-22-19-11-18(14-26(21)22)13-25(15-19)16-20-9-10-23-24-20/h1-3,5-6,9-10,18-19,21-22H,4,7-8,11-16H2,(H,23,24)/t18-,19+,21+,22-/m0/s1. The van der Waals surface area contributed by atoms with E-state index in [0.717, 1.165) is 30.5 Å². The molecule has 0 radical (unpaired) electrons. The molecule has 0 unspecified atom stereocenters. The van der Waals surface area contributed by atoms with Gasteiger partial charge in [-0.25, -0.2) is 0 Å². The fraction of sp³-hybridized carbons (Fsp3) is 0.591. The van der Waals surface area contributed by atoms with Crippen LogP contribution in [0.3, 0.4) is 0 Å². The first kappa shape index (κ1) is 16.5. The Labute approximate surface area is 156 Å². The van der Waals surface area contributed by atoms with Gasteiger partial charge in [0.1, 0.15) is 0 Å². The van der Waals surface area contributed by atoms with Crippen LogP contribution in [0.5, 0.6) is 0 Å². The van der Waals surface area contributed by atoms with Gasteiger partial charge in [0.15, 0.2) is 0 Å². The Kier molecular flexibility index (Phi) is 4.55. The molecule has 1 N–H and O–H groups in total. The molecular weight excluding hydrogens is 320 g/mol. The van der Waals surface area contributed by atoms with Crippen LogP contribution in [0, 0.1) is 11.8 Å². The number of nitrogens with one attached hydrogen (secondary N) is 1. The molecule has 4 atom stereocenters. The van der Waals surface area contributed by atoms with E-state index in [1.165, 1.54) is 63.0 Å². The monoisotopic (exact) mass is 350 g/mol. The first-order chi connectivity index (χ1) is 12.8. The molecular formula is C22H30N4. The van der Waals surface area contributed by atoms with Crippen molar-refractivity contribution in [2.24, 2.45) is 11.8 Å². The summed E-state index contributed by atoms with van der Waals surface area (Å²) in [6, 6.07) is 14.8. The van der Waals surface area contributed by atoms with E-state index in [4.69, 9.17) is 0 Å². The van der Waals surface area contributed by atoms with Gasteiger partial charge >= 0.3 is 0 Å². The molecule has 3 aliphatic heterocycles. The predicted molar refractivity (Wildman–Crippen MR) is 104 cm³/mol. The van der Waals surface area contributed by atoms with E-state index in [2.05, 4.69) is 56.4 Å². The van der Waals surface area contributed by atoms with E-state index in [9.17, 15) is 0 Å². The Hall–Kier alpha value is -1.65. The molecule has 3 aliphatic rings. The second kappa shape index (κ2) is 7.16. The Balaban J connectivity index is 1.28. The maximum Gasteiger partial charge on any atom is 0.0492 e. The van der Waals surface area contributed by atoms with Gasteiger partial charge in [0, 0.05) is 50.2 Å². The van der Waals surface area contributed by atoms with Gasteiger partial charge in [0.2, 0.25) is 0 Å². The number of nitrogens with zero attached hydrogens (tertiary/aromatic N) is 3. The van der Waals surface area contributed by atoms with Gasteiger partial charge in [0.25, 0.3) is 0 Å². The van der Waals surface area contributed by atoms with E-state index in [1.54, 1.807) is 0 Å². The highest BCUT2D eigenvalue weighted by Gasteiger charge is 2.44. The molecule has 1 aromatic heterocycles. The van der Waals surface area contributed by atoms with Crippen LogP contribution in [0.15, 0.2) is 42.6 Å². The zero-order valence-corrected chi connectivity index (χ0v) is 15.6. The molecule has 0 spiro atoms. The van der Waals surface area contributed by atoms with Gasteiger partial charge < -0.3 is 0 Å². The zero-order chi connectivity index (χ0) is 17.3. The molecule has 26 heavy (non-hydrogen) atoms. The van der Waals surface area contributed by atoms with Crippen molar-refractivity contribution in [2.75, 3.05) is 19.6 Å². The van der Waals surface area contributed by atoms with Gasteiger partial charge in [-0.05, 0) is 49.1 Å². The average Bonchev–Trinajstić information content (AvgIpc) is 3.16. The van der Waals surface area contributed by atoms with E-state index in [0.29, 0.717) is 0 Å². The molecule has 3 saturated heterocycles. The van der Waals surface area contributed by atoms with Crippen LogP contribution in [0.25, 0.3) is 0 Å². The van der Waals surface area contributed by atoms with Gasteiger partial charge in [-0.2, -0.15) is 5.10 Å². The van der Waals surface area contributed by atoms with Crippen molar-refractivity contribution >= 4 is 0 Å². The molecule has 2 bridgehead atoms. The molecule has 1 aromatic carbocycles. The lowest BCUT2D eigenvalue weighted by Crippen LogP contribution is -2.61. The lowest BCUT2D eigenvalue weighted by atomic mass is 9.74. The van der Waals surface area contributed by atoms with Crippen LogP contribution >= 0.6 is 0 Å². The van der Waals surface area contributed by atoms with E-state index < -0.39 is 0 Å². The van der Waals surface area contributed by atoms with Crippen LogP contribution in [0.4, 0.5) is 0 Å². The van der Waals surface area contributed by atoms with Crippen molar-refractivity contribution in [1.29, 1.82) is 0 Å². The Morgan fingerprint density at radius 1 is 1.04 bits per heavy atom. The van der Waals surface area contributed by atoms with Gasteiger partial charge in [-0.1, -0.05) is 36.8 Å². The van der Waals surface area contributed by atoms with Crippen molar-refractivity contribution in [3.63, 3.8) is 0 Å². The number of piperidine rings is 3. The number of hydrogen-bond donors (Lipinski definition) is 1. The normalized spacial score (nSPS) is 32.3. The number of likely N-dealkylation sites (tertiary alicyclic amines) is 1. The molecule has 5 rings (SSSR count). The third-order valence-corrected chi connectivity index (χ3v) is 6.86.